The van der Waals surface area contributed by atoms with E-state index in [1.165, 1.54) is 0 Å². The summed E-state index contributed by atoms with van der Waals surface area (Å²) >= 11 is 0. The number of hydrogen-bond donors (Lipinski definition) is 1. The highest BCUT2D eigenvalue weighted by Gasteiger charge is 2.21. The van der Waals surface area contributed by atoms with Gasteiger partial charge in [0.2, 0.25) is 0 Å². The number of nitrogens with one attached hydrogen (secondary N) is 1. The predicted molar refractivity (Wildman–Crippen MR) is 59.3 cm³/mol. The molecule has 0 heterocycles. The quantitative estimate of drug-likeness (QED) is 0.670. The summed E-state index contributed by atoms with van der Waals surface area (Å²) in [5.41, 5.74) is 0.362. The van der Waals surface area contributed by atoms with Crippen molar-refractivity contribution in [3.05, 3.63) is 0 Å². The van der Waals surface area contributed by atoms with Gasteiger partial charge in [-0.25, -0.2) is 0 Å². The van der Waals surface area contributed by atoms with E-state index >= 15 is 0 Å². The molecular weight excluding hydrogens is 178 g/mol. The van der Waals surface area contributed by atoms with E-state index in [9.17, 15) is 0 Å². The summed E-state index contributed by atoms with van der Waals surface area (Å²) in [5.74, 6) is 0. The first kappa shape index (κ1) is 13.9. The van der Waals surface area contributed by atoms with Crippen LogP contribution in [0.25, 0.3) is 0 Å². The number of methoxy groups -OCH3 is 2. The van der Waals surface area contributed by atoms with E-state index < -0.39 is 0 Å². The van der Waals surface area contributed by atoms with Crippen molar-refractivity contribution >= 4 is 0 Å². The molecule has 0 bridgehead atoms. The Morgan fingerprint density at radius 3 is 1.93 bits per heavy atom. The van der Waals surface area contributed by atoms with E-state index in [-0.39, 0.29) is 12.3 Å². The van der Waals surface area contributed by atoms with Gasteiger partial charge < -0.3 is 14.8 Å². The fourth-order valence-corrected chi connectivity index (χ4v) is 1.43. The summed E-state index contributed by atoms with van der Waals surface area (Å²) in [6, 6.07) is 0.268. The molecule has 1 unspecified atom stereocenters. The third-order valence-electron chi connectivity index (χ3n) is 2.37. The average molecular weight is 203 g/mol. The maximum atomic E-state index is 5.23. The zero-order valence-corrected chi connectivity index (χ0v) is 10.4. The third-order valence-corrected chi connectivity index (χ3v) is 2.37. The summed E-state index contributed by atoms with van der Waals surface area (Å²) in [5, 5.41) is 3.23. The maximum absolute atomic E-state index is 5.23. The highest BCUT2D eigenvalue weighted by Crippen LogP contribution is 2.22. The zero-order chi connectivity index (χ0) is 11.2. The lowest BCUT2D eigenvalue weighted by Crippen LogP contribution is -2.40. The van der Waals surface area contributed by atoms with Crippen LogP contribution in [0.3, 0.4) is 0 Å². The Morgan fingerprint density at radius 1 is 1.14 bits per heavy atom. The van der Waals surface area contributed by atoms with Crippen molar-refractivity contribution in [3.63, 3.8) is 0 Å². The van der Waals surface area contributed by atoms with E-state index in [0.717, 1.165) is 12.8 Å². The van der Waals surface area contributed by atoms with Crippen LogP contribution >= 0.6 is 0 Å². The Labute approximate surface area is 88.2 Å². The monoisotopic (exact) mass is 203 g/mol. The summed E-state index contributed by atoms with van der Waals surface area (Å²) in [6.07, 6.45) is 2.07. The van der Waals surface area contributed by atoms with E-state index in [1.807, 2.05) is 7.05 Å². The highest BCUT2D eigenvalue weighted by atomic mass is 16.7. The van der Waals surface area contributed by atoms with Gasteiger partial charge in [-0.2, -0.15) is 0 Å². The van der Waals surface area contributed by atoms with Crippen molar-refractivity contribution in [2.45, 2.75) is 45.9 Å². The van der Waals surface area contributed by atoms with Gasteiger partial charge in [0, 0.05) is 14.2 Å². The Bertz CT molecular complexity index is 139. The van der Waals surface area contributed by atoms with Crippen LogP contribution in [0.1, 0.15) is 33.6 Å². The normalized spacial score (nSPS) is 14.8. The lowest BCUT2D eigenvalue weighted by atomic mass is 9.88. The predicted octanol–water partition coefficient (Wildman–Crippen LogP) is 2.02. The second kappa shape index (κ2) is 6.38. The molecule has 86 valence electrons. The fraction of sp³-hybridized carbons (Fsp3) is 1.00. The topological polar surface area (TPSA) is 30.5 Å². The minimum Gasteiger partial charge on any atom is -0.354 e. The van der Waals surface area contributed by atoms with E-state index in [2.05, 4.69) is 26.1 Å². The molecule has 3 heteroatoms. The van der Waals surface area contributed by atoms with Gasteiger partial charge in [0.1, 0.15) is 0 Å². The molecule has 0 aliphatic rings. The summed E-state index contributed by atoms with van der Waals surface area (Å²) in [6.45, 7) is 6.73. The molecule has 3 nitrogen and oxygen atoms in total. The lowest BCUT2D eigenvalue weighted by Gasteiger charge is -2.27. The zero-order valence-electron chi connectivity index (χ0n) is 10.4. The molecule has 1 atom stereocenters. The maximum Gasteiger partial charge on any atom is 0.171 e. The van der Waals surface area contributed by atoms with Crippen molar-refractivity contribution in [2.75, 3.05) is 21.3 Å². The molecule has 1 N–H and O–H groups in total. The molecule has 0 aromatic carbocycles. The van der Waals surface area contributed by atoms with Gasteiger partial charge in [0.15, 0.2) is 6.29 Å². The lowest BCUT2D eigenvalue weighted by molar-refractivity contribution is -0.124. The second-order valence-electron chi connectivity index (χ2n) is 4.83. The van der Waals surface area contributed by atoms with Crippen molar-refractivity contribution in [1.82, 2.24) is 5.32 Å². The van der Waals surface area contributed by atoms with Crippen LogP contribution in [0.15, 0.2) is 0 Å². The van der Waals surface area contributed by atoms with E-state index in [4.69, 9.17) is 9.47 Å². The fourth-order valence-electron chi connectivity index (χ4n) is 1.43. The molecular formula is C11H25NO2. The number of rotatable bonds is 6. The molecule has 0 amide bonds. The van der Waals surface area contributed by atoms with E-state index in [0.29, 0.717) is 5.41 Å². The molecule has 0 radical (unpaired) electrons. The first-order valence-electron chi connectivity index (χ1n) is 5.17. The Hall–Kier alpha value is -0.120. The molecule has 0 aromatic heterocycles. The van der Waals surface area contributed by atoms with Gasteiger partial charge in [-0.1, -0.05) is 20.8 Å². The first-order valence-corrected chi connectivity index (χ1v) is 5.17. The van der Waals surface area contributed by atoms with Crippen LogP contribution in [0.2, 0.25) is 0 Å². The molecule has 0 rings (SSSR count). The summed E-state index contributed by atoms with van der Waals surface area (Å²) in [7, 11) is 5.30. The third kappa shape index (κ3) is 5.58. The Balaban J connectivity index is 4.01. The number of likely N-dealkylation sites (N-methyl/N-ethyl adjacent to an activating group) is 1. The summed E-state index contributed by atoms with van der Waals surface area (Å²) in [4.78, 5) is 0. The molecule has 0 saturated heterocycles. The Kier molecular flexibility index (Phi) is 6.33. The van der Waals surface area contributed by atoms with Crippen LogP contribution in [0.4, 0.5) is 0 Å². The van der Waals surface area contributed by atoms with Crippen molar-refractivity contribution in [3.8, 4) is 0 Å². The summed E-state index contributed by atoms with van der Waals surface area (Å²) < 4.78 is 10.5. The van der Waals surface area contributed by atoms with Gasteiger partial charge in [-0.3, -0.25) is 0 Å². The molecule has 0 spiro atoms. The van der Waals surface area contributed by atoms with Crippen molar-refractivity contribution < 1.29 is 9.47 Å². The standard InChI is InChI=1S/C11H25NO2/c1-11(2,3)8-7-9(12-4)10(13-5)14-6/h9-10,12H,7-8H2,1-6H3. The molecule has 0 aromatic rings. The largest absolute Gasteiger partial charge is 0.354 e. The minimum absolute atomic E-state index is 0.151. The van der Waals surface area contributed by atoms with Crippen LogP contribution in [-0.2, 0) is 9.47 Å². The molecule has 0 aliphatic carbocycles. The Morgan fingerprint density at radius 2 is 1.64 bits per heavy atom. The van der Waals surface area contributed by atoms with Crippen LogP contribution in [-0.4, -0.2) is 33.6 Å². The average Bonchev–Trinajstić information content (AvgIpc) is 2.10. The van der Waals surface area contributed by atoms with Crippen LogP contribution < -0.4 is 5.32 Å². The van der Waals surface area contributed by atoms with Crippen molar-refractivity contribution in [2.24, 2.45) is 5.41 Å². The SMILES string of the molecule is CNC(CCC(C)(C)C)C(OC)OC. The van der Waals surface area contributed by atoms with Gasteiger partial charge >= 0.3 is 0 Å². The van der Waals surface area contributed by atoms with Gasteiger partial charge in [-0.05, 0) is 25.3 Å². The number of ether oxygens (including phenoxy) is 2. The number of hydrogen-bond acceptors (Lipinski definition) is 3. The minimum atomic E-state index is -0.151. The molecule has 0 aliphatic heterocycles. The van der Waals surface area contributed by atoms with Gasteiger partial charge in [0.05, 0.1) is 6.04 Å². The second-order valence-corrected chi connectivity index (χ2v) is 4.83. The van der Waals surface area contributed by atoms with Gasteiger partial charge in [-0.15, -0.1) is 0 Å². The first-order chi connectivity index (χ1) is 6.44. The molecule has 0 fully saturated rings. The molecule has 14 heavy (non-hydrogen) atoms. The smallest absolute Gasteiger partial charge is 0.171 e. The van der Waals surface area contributed by atoms with Crippen LogP contribution in [0.5, 0.6) is 0 Å². The van der Waals surface area contributed by atoms with Crippen LogP contribution in [0, 0.1) is 5.41 Å². The van der Waals surface area contributed by atoms with Crippen molar-refractivity contribution in [1.29, 1.82) is 0 Å². The highest BCUT2D eigenvalue weighted by molar-refractivity contribution is 4.72. The van der Waals surface area contributed by atoms with Gasteiger partial charge in [0.25, 0.3) is 0 Å². The van der Waals surface area contributed by atoms with E-state index in [1.54, 1.807) is 14.2 Å². The molecule has 0 saturated carbocycles.